The first-order valence-corrected chi connectivity index (χ1v) is 9.03. The van der Waals surface area contributed by atoms with Gasteiger partial charge < -0.3 is 9.84 Å². The summed E-state index contributed by atoms with van der Waals surface area (Å²) in [6.45, 7) is 2.24. The summed E-state index contributed by atoms with van der Waals surface area (Å²) in [6, 6.07) is 11.4. The Bertz CT molecular complexity index is 1030. The van der Waals surface area contributed by atoms with Gasteiger partial charge in [0, 0.05) is 5.56 Å². The Labute approximate surface area is 170 Å². The first kappa shape index (κ1) is 19.7. The molecule has 0 aliphatic carbocycles. The predicted molar refractivity (Wildman–Crippen MR) is 108 cm³/mol. The molecule has 144 valence electrons. The Kier molecular flexibility index (Phi) is 6.18. The van der Waals surface area contributed by atoms with E-state index in [1.54, 1.807) is 36.4 Å². The largest absolute Gasteiger partial charge is 0.504 e. The van der Waals surface area contributed by atoms with Gasteiger partial charge in [0.05, 0.1) is 28.6 Å². The van der Waals surface area contributed by atoms with E-state index in [1.165, 1.54) is 12.3 Å². The van der Waals surface area contributed by atoms with Crippen molar-refractivity contribution in [2.24, 2.45) is 5.10 Å². The Balaban J connectivity index is 1.67. The number of H-pyrrole nitrogens is 1. The van der Waals surface area contributed by atoms with Crippen molar-refractivity contribution < 1.29 is 14.6 Å². The maximum atomic E-state index is 12.2. The second-order valence-corrected chi connectivity index (χ2v) is 6.47. The van der Waals surface area contributed by atoms with Crippen molar-refractivity contribution in [2.75, 3.05) is 6.61 Å². The lowest BCUT2D eigenvalue weighted by molar-refractivity contribution is 0.0950. The van der Waals surface area contributed by atoms with Crippen molar-refractivity contribution in [2.45, 2.75) is 6.92 Å². The van der Waals surface area contributed by atoms with E-state index >= 15 is 0 Å². The van der Waals surface area contributed by atoms with Crippen LogP contribution in [0.2, 0.25) is 10.0 Å². The van der Waals surface area contributed by atoms with E-state index in [-0.39, 0.29) is 11.4 Å². The molecule has 1 heterocycles. The number of phenolic OH excluding ortho intramolecular Hbond substituents is 1. The number of carbonyl (C=O) groups is 1. The Morgan fingerprint density at radius 1 is 1.25 bits per heavy atom. The number of aromatic hydroxyl groups is 1. The molecule has 0 spiro atoms. The molecule has 0 aliphatic heterocycles. The number of amides is 1. The highest BCUT2D eigenvalue weighted by Gasteiger charge is 2.11. The fourth-order valence-electron chi connectivity index (χ4n) is 2.35. The summed E-state index contributed by atoms with van der Waals surface area (Å²) >= 11 is 11.9. The number of hydrogen-bond acceptors (Lipinski definition) is 5. The van der Waals surface area contributed by atoms with E-state index in [4.69, 9.17) is 27.9 Å². The van der Waals surface area contributed by atoms with Crippen LogP contribution in [0.3, 0.4) is 0 Å². The van der Waals surface area contributed by atoms with Crippen LogP contribution in [-0.4, -0.2) is 34.0 Å². The van der Waals surface area contributed by atoms with Crippen molar-refractivity contribution in [3.8, 4) is 22.8 Å². The molecule has 28 heavy (non-hydrogen) atoms. The number of carbonyl (C=O) groups excluding carboxylic acids is 1. The molecule has 1 amide bonds. The zero-order valence-electron chi connectivity index (χ0n) is 14.7. The third kappa shape index (κ3) is 4.62. The average Bonchev–Trinajstić information content (AvgIpc) is 3.17. The van der Waals surface area contributed by atoms with Gasteiger partial charge in [0.15, 0.2) is 11.5 Å². The van der Waals surface area contributed by atoms with Crippen molar-refractivity contribution in [3.63, 3.8) is 0 Å². The van der Waals surface area contributed by atoms with Crippen molar-refractivity contribution in [1.29, 1.82) is 0 Å². The van der Waals surface area contributed by atoms with Gasteiger partial charge in [-0.05, 0) is 48.9 Å². The van der Waals surface area contributed by atoms with Crippen LogP contribution in [0, 0.1) is 0 Å². The van der Waals surface area contributed by atoms with Crippen LogP contribution in [0.25, 0.3) is 11.3 Å². The first-order valence-electron chi connectivity index (χ1n) is 8.28. The fraction of sp³-hybridized carbons (Fsp3) is 0.105. The molecule has 3 rings (SSSR count). The van der Waals surface area contributed by atoms with Crippen LogP contribution in [0.4, 0.5) is 0 Å². The second-order valence-electron chi connectivity index (χ2n) is 5.66. The molecule has 0 unspecified atom stereocenters. The van der Waals surface area contributed by atoms with Gasteiger partial charge in [0.1, 0.15) is 5.69 Å². The smallest absolute Gasteiger partial charge is 0.289 e. The number of aromatic amines is 1. The van der Waals surface area contributed by atoms with E-state index < -0.39 is 5.91 Å². The number of ether oxygens (including phenoxy) is 1. The quantitative estimate of drug-likeness (QED) is 0.411. The highest BCUT2D eigenvalue weighted by Crippen LogP contribution is 2.28. The van der Waals surface area contributed by atoms with Gasteiger partial charge in [0.2, 0.25) is 0 Å². The number of phenols is 1. The van der Waals surface area contributed by atoms with Gasteiger partial charge in [-0.15, -0.1) is 0 Å². The van der Waals surface area contributed by atoms with Crippen molar-refractivity contribution >= 4 is 35.3 Å². The molecule has 0 radical (unpaired) electrons. The summed E-state index contributed by atoms with van der Waals surface area (Å²) in [6.07, 6.45) is 1.44. The molecular weight excluding hydrogens is 403 g/mol. The van der Waals surface area contributed by atoms with E-state index in [0.29, 0.717) is 33.7 Å². The topological polar surface area (TPSA) is 99.6 Å². The lowest BCUT2D eigenvalue weighted by Crippen LogP contribution is -2.18. The number of nitrogens with one attached hydrogen (secondary N) is 2. The van der Waals surface area contributed by atoms with Crippen LogP contribution < -0.4 is 10.2 Å². The molecular formula is C19H16Cl2N4O3. The lowest BCUT2D eigenvalue weighted by atomic mass is 10.1. The summed E-state index contributed by atoms with van der Waals surface area (Å²) in [5.74, 6) is -0.0770. The van der Waals surface area contributed by atoms with Crippen LogP contribution in [0.1, 0.15) is 23.0 Å². The number of hydrazone groups is 1. The number of hydrogen-bond donors (Lipinski definition) is 3. The fourth-order valence-corrected chi connectivity index (χ4v) is 2.65. The molecule has 2 aromatic carbocycles. The molecule has 0 aliphatic rings. The number of rotatable bonds is 6. The summed E-state index contributed by atoms with van der Waals surface area (Å²) in [4.78, 5) is 12.2. The van der Waals surface area contributed by atoms with E-state index in [1.807, 2.05) is 6.92 Å². The standard InChI is InChI=1S/C19H16Cl2N4O3/c1-2-28-18-7-11(3-6-17(18)26)10-22-25-19(27)16-9-15(23-24-16)12-4-5-13(20)14(21)8-12/h3-10,26H,2H2,1H3,(H,23,24)(H,25,27). The third-order valence-electron chi connectivity index (χ3n) is 3.70. The lowest BCUT2D eigenvalue weighted by Gasteiger charge is -2.05. The molecule has 0 saturated carbocycles. The van der Waals surface area contributed by atoms with Gasteiger partial charge in [-0.1, -0.05) is 29.3 Å². The summed E-state index contributed by atoms with van der Waals surface area (Å²) < 4.78 is 5.30. The summed E-state index contributed by atoms with van der Waals surface area (Å²) in [5, 5.41) is 21.2. The maximum Gasteiger partial charge on any atom is 0.289 e. The highest BCUT2D eigenvalue weighted by molar-refractivity contribution is 6.42. The zero-order chi connectivity index (χ0) is 20.1. The average molecular weight is 419 g/mol. The summed E-state index contributed by atoms with van der Waals surface area (Å²) in [5.41, 5.74) is 4.57. The molecule has 0 saturated heterocycles. The molecule has 3 N–H and O–H groups in total. The van der Waals surface area contributed by atoms with E-state index in [0.717, 1.165) is 5.56 Å². The van der Waals surface area contributed by atoms with Crippen molar-refractivity contribution in [3.05, 3.63) is 63.8 Å². The Hall–Kier alpha value is -3.03. The number of benzene rings is 2. The van der Waals surface area contributed by atoms with E-state index in [2.05, 4.69) is 20.7 Å². The predicted octanol–water partition coefficient (Wildman–Crippen LogP) is 4.25. The number of halogens is 2. The molecule has 9 heteroatoms. The van der Waals surface area contributed by atoms with Crippen LogP contribution in [0.5, 0.6) is 11.5 Å². The molecule has 0 bridgehead atoms. The molecule has 1 aromatic heterocycles. The van der Waals surface area contributed by atoms with Gasteiger partial charge in [-0.2, -0.15) is 10.2 Å². The minimum atomic E-state index is -0.459. The number of nitrogens with zero attached hydrogens (tertiary/aromatic N) is 2. The molecule has 0 fully saturated rings. The number of aromatic nitrogens is 2. The minimum absolute atomic E-state index is 0.0373. The summed E-state index contributed by atoms with van der Waals surface area (Å²) in [7, 11) is 0. The Morgan fingerprint density at radius 3 is 2.82 bits per heavy atom. The van der Waals surface area contributed by atoms with Crippen LogP contribution in [0.15, 0.2) is 47.6 Å². The second kappa shape index (κ2) is 8.77. The maximum absolute atomic E-state index is 12.2. The third-order valence-corrected chi connectivity index (χ3v) is 4.44. The van der Waals surface area contributed by atoms with Gasteiger partial charge in [-0.25, -0.2) is 5.43 Å². The van der Waals surface area contributed by atoms with Crippen LogP contribution in [-0.2, 0) is 0 Å². The first-order chi connectivity index (χ1) is 13.5. The van der Waals surface area contributed by atoms with Crippen LogP contribution >= 0.6 is 23.2 Å². The normalized spacial score (nSPS) is 11.0. The zero-order valence-corrected chi connectivity index (χ0v) is 16.3. The monoisotopic (exact) mass is 418 g/mol. The van der Waals surface area contributed by atoms with E-state index in [9.17, 15) is 9.90 Å². The van der Waals surface area contributed by atoms with Gasteiger partial charge >= 0.3 is 0 Å². The highest BCUT2D eigenvalue weighted by atomic mass is 35.5. The molecule has 3 aromatic rings. The Morgan fingerprint density at radius 2 is 2.07 bits per heavy atom. The van der Waals surface area contributed by atoms with Gasteiger partial charge in [0.25, 0.3) is 5.91 Å². The molecule has 0 atom stereocenters. The van der Waals surface area contributed by atoms with Crippen molar-refractivity contribution in [1.82, 2.24) is 15.6 Å². The minimum Gasteiger partial charge on any atom is -0.504 e. The van der Waals surface area contributed by atoms with Gasteiger partial charge in [-0.3, -0.25) is 9.89 Å². The SMILES string of the molecule is CCOc1cc(C=NNC(=O)c2cc(-c3ccc(Cl)c(Cl)c3)n[nH]2)ccc1O. The molecule has 7 nitrogen and oxygen atoms in total.